The first-order valence-electron chi connectivity index (χ1n) is 6.90. The van der Waals surface area contributed by atoms with Gasteiger partial charge in [0.1, 0.15) is 0 Å². The summed E-state index contributed by atoms with van der Waals surface area (Å²) in [4.78, 5) is 27.7. The Hall–Kier alpha value is -2.38. The molecule has 24 heavy (non-hydrogen) atoms. The third-order valence-electron chi connectivity index (χ3n) is 3.14. The van der Waals surface area contributed by atoms with E-state index in [2.05, 4.69) is 26.2 Å². The number of amides is 1. The zero-order chi connectivity index (χ0) is 17.1. The van der Waals surface area contributed by atoms with Gasteiger partial charge in [-0.15, -0.1) is 0 Å². The fourth-order valence-corrected chi connectivity index (χ4v) is 3.28. The van der Waals surface area contributed by atoms with Crippen molar-refractivity contribution in [1.82, 2.24) is 5.32 Å². The van der Waals surface area contributed by atoms with E-state index in [1.54, 1.807) is 18.2 Å². The normalized spacial score (nSPS) is 17.3. The van der Waals surface area contributed by atoms with Crippen LogP contribution in [-0.2, 0) is 4.79 Å². The van der Waals surface area contributed by atoms with Crippen molar-refractivity contribution >= 4 is 56.5 Å². The first-order chi connectivity index (χ1) is 11.5. The van der Waals surface area contributed by atoms with Crippen LogP contribution in [0.15, 0.2) is 62.9 Å². The number of hydrogen-bond donors (Lipinski definition) is 2. The predicted octanol–water partition coefficient (Wildman–Crippen LogP) is 4.04. The lowest BCUT2D eigenvalue weighted by atomic mass is 10.2. The molecule has 7 heteroatoms. The number of thioether (sulfide) groups is 1. The molecule has 0 unspecified atom stereocenters. The fraction of sp³-hybridized carbons (Fsp3) is 0. The van der Waals surface area contributed by atoms with Crippen molar-refractivity contribution in [3.8, 4) is 0 Å². The Morgan fingerprint density at radius 2 is 1.96 bits per heavy atom. The second-order valence-corrected chi connectivity index (χ2v) is 6.84. The van der Waals surface area contributed by atoms with Gasteiger partial charge in [0.25, 0.3) is 5.91 Å². The Labute approximate surface area is 150 Å². The Morgan fingerprint density at radius 3 is 2.62 bits per heavy atom. The van der Waals surface area contributed by atoms with Crippen molar-refractivity contribution in [3.05, 3.63) is 69.0 Å². The van der Waals surface area contributed by atoms with Crippen LogP contribution in [-0.4, -0.2) is 22.2 Å². The number of carboxylic acid groups (broad SMARTS) is 1. The smallest absolute Gasteiger partial charge is 0.335 e. The molecule has 0 radical (unpaired) electrons. The van der Waals surface area contributed by atoms with Gasteiger partial charge in [-0.2, -0.15) is 0 Å². The van der Waals surface area contributed by atoms with Gasteiger partial charge in [0.15, 0.2) is 5.17 Å². The summed E-state index contributed by atoms with van der Waals surface area (Å²) in [7, 11) is 0. The topological polar surface area (TPSA) is 78.8 Å². The third kappa shape index (κ3) is 3.93. The molecule has 120 valence electrons. The Balaban J connectivity index is 1.80. The number of aromatic carboxylic acids is 1. The molecule has 0 atom stereocenters. The molecule has 1 heterocycles. The minimum atomic E-state index is -0.989. The van der Waals surface area contributed by atoms with Crippen LogP contribution in [0, 0.1) is 0 Å². The molecule has 2 N–H and O–H groups in total. The lowest BCUT2D eigenvalue weighted by Gasteiger charge is -1.97. The first kappa shape index (κ1) is 16.5. The maximum Gasteiger partial charge on any atom is 0.335 e. The number of carbonyl (C=O) groups is 2. The molecule has 0 aromatic heterocycles. The highest BCUT2D eigenvalue weighted by atomic mass is 79.9. The van der Waals surface area contributed by atoms with Crippen LogP contribution < -0.4 is 5.32 Å². The highest BCUT2D eigenvalue weighted by Gasteiger charge is 2.23. The SMILES string of the molecule is O=C1NC(=Nc2ccc(C(=O)O)cc2)S/C1=C/c1cccc(Br)c1. The number of aliphatic imine (C=N–C) groups is 1. The van der Waals surface area contributed by atoms with Gasteiger partial charge >= 0.3 is 5.97 Å². The van der Waals surface area contributed by atoms with Crippen LogP contribution in [0.4, 0.5) is 5.69 Å². The molecule has 2 aromatic rings. The zero-order valence-corrected chi connectivity index (χ0v) is 14.6. The summed E-state index contributed by atoms with van der Waals surface area (Å²) < 4.78 is 0.938. The van der Waals surface area contributed by atoms with Gasteiger partial charge in [-0.1, -0.05) is 28.1 Å². The molecule has 1 aliphatic rings. The fourth-order valence-electron chi connectivity index (χ4n) is 2.02. The number of rotatable bonds is 3. The van der Waals surface area contributed by atoms with Gasteiger partial charge in [-0.25, -0.2) is 9.79 Å². The summed E-state index contributed by atoms with van der Waals surface area (Å²) >= 11 is 4.64. The lowest BCUT2D eigenvalue weighted by Crippen LogP contribution is -2.19. The summed E-state index contributed by atoms with van der Waals surface area (Å²) in [6.45, 7) is 0. The minimum Gasteiger partial charge on any atom is -0.478 e. The molecule has 1 amide bonds. The third-order valence-corrected chi connectivity index (χ3v) is 4.55. The zero-order valence-electron chi connectivity index (χ0n) is 12.2. The summed E-state index contributed by atoms with van der Waals surface area (Å²) in [5, 5.41) is 12.0. The number of carbonyl (C=O) groups excluding carboxylic acids is 1. The average Bonchev–Trinajstić information content (AvgIpc) is 2.87. The highest BCUT2D eigenvalue weighted by molar-refractivity contribution is 9.10. The Bertz CT molecular complexity index is 876. The van der Waals surface area contributed by atoms with Crippen LogP contribution in [0.3, 0.4) is 0 Å². The van der Waals surface area contributed by atoms with E-state index in [9.17, 15) is 9.59 Å². The summed E-state index contributed by atoms with van der Waals surface area (Å²) in [5.74, 6) is -1.20. The number of carboxylic acids is 1. The number of nitrogens with zero attached hydrogens (tertiary/aromatic N) is 1. The predicted molar refractivity (Wildman–Crippen MR) is 98.3 cm³/mol. The van der Waals surface area contributed by atoms with E-state index in [0.29, 0.717) is 15.8 Å². The summed E-state index contributed by atoms with van der Waals surface area (Å²) in [6.07, 6.45) is 1.79. The average molecular weight is 403 g/mol. The van der Waals surface area contributed by atoms with Gasteiger partial charge in [0.05, 0.1) is 16.2 Å². The van der Waals surface area contributed by atoms with Gasteiger partial charge in [0.2, 0.25) is 0 Å². The molecule has 0 bridgehead atoms. The number of hydrogen-bond acceptors (Lipinski definition) is 4. The van der Waals surface area contributed by atoms with E-state index in [0.717, 1.165) is 10.0 Å². The van der Waals surface area contributed by atoms with Crippen molar-refractivity contribution < 1.29 is 14.7 Å². The van der Waals surface area contributed by atoms with Crippen LogP contribution in [0.1, 0.15) is 15.9 Å². The van der Waals surface area contributed by atoms with Crippen molar-refractivity contribution in [2.24, 2.45) is 4.99 Å². The quantitative estimate of drug-likeness (QED) is 0.759. The van der Waals surface area contributed by atoms with Gasteiger partial charge in [0, 0.05) is 4.47 Å². The van der Waals surface area contributed by atoms with E-state index in [-0.39, 0.29) is 11.5 Å². The van der Waals surface area contributed by atoms with E-state index in [1.807, 2.05) is 24.3 Å². The number of nitrogens with one attached hydrogen (secondary N) is 1. The lowest BCUT2D eigenvalue weighted by molar-refractivity contribution is -0.115. The van der Waals surface area contributed by atoms with Crippen molar-refractivity contribution in [1.29, 1.82) is 0 Å². The molecule has 1 aliphatic heterocycles. The highest BCUT2D eigenvalue weighted by Crippen LogP contribution is 2.28. The molecule has 0 spiro atoms. The standard InChI is InChI=1S/C17H11BrN2O3S/c18-12-3-1-2-10(8-12)9-14-15(21)20-17(24-14)19-13-6-4-11(5-7-13)16(22)23/h1-9H,(H,22,23)(H,19,20,21)/b14-9+. The first-order valence-corrected chi connectivity index (χ1v) is 8.51. The minimum absolute atomic E-state index is 0.192. The summed E-state index contributed by atoms with van der Waals surface area (Å²) in [6, 6.07) is 13.8. The number of halogens is 1. The van der Waals surface area contributed by atoms with Crippen LogP contribution >= 0.6 is 27.7 Å². The second kappa shape index (κ2) is 7.02. The number of amidine groups is 1. The van der Waals surface area contributed by atoms with Crippen LogP contribution in [0.2, 0.25) is 0 Å². The molecule has 1 saturated heterocycles. The van der Waals surface area contributed by atoms with Crippen LogP contribution in [0.25, 0.3) is 6.08 Å². The Morgan fingerprint density at radius 1 is 1.21 bits per heavy atom. The monoisotopic (exact) mass is 402 g/mol. The largest absolute Gasteiger partial charge is 0.478 e. The molecule has 0 saturated carbocycles. The molecule has 0 aliphatic carbocycles. The van der Waals surface area contributed by atoms with Crippen molar-refractivity contribution in [2.75, 3.05) is 0 Å². The summed E-state index contributed by atoms with van der Waals surface area (Å²) in [5.41, 5.74) is 1.68. The van der Waals surface area contributed by atoms with Crippen molar-refractivity contribution in [3.63, 3.8) is 0 Å². The molecular formula is C17H11BrN2O3S. The molecule has 5 nitrogen and oxygen atoms in total. The van der Waals surface area contributed by atoms with Crippen LogP contribution in [0.5, 0.6) is 0 Å². The van der Waals surface area contributed by atoms with E-state index in [1.165, 1.54) is 23.9 Å². The van der Waals surface area contributed by atoms with E-state index >= 15 is 0 Å². The maximum absolute atomic E-state index is 12.0. The van der Waals surface area contributed by atoms with Gasteiger partial charge in [-0.05, 0) is 59.8 Å². The van der Waals surface area contributed by atoms with E-state index in [4.69, 9.17) is 5.11 Å². The van der Waals surface area contributed by atoms with E-state index < -0.39 is 5.97 Å². The Kier molecular flexibility index (Phi) is 4.82. The van der Waals surface area contributed by atoms with Gasteiger partial charge in [-0.3, -0.25) is 4.79 Å². The maximum atomic E-state index is 12.0. The second-order valence-electron chi connectivity index (χ2n) is 4.89. The van der Waals surface area contributed by atoms with Gasteiger partial charge < -0.3 is 10.4 Å². The number of benzene rings is 2. The van der Waals surface area contributed by atoms with Crippen molar-refractivity contribution in [2.45, 2.75) is 0 Å². The molecular weight excluding hydrogens is 392 g/mol. The molecule has 3 rings (SSSR count). The molecule has 2 aromatic carbocycles. The molecule has 1 fully saturated rings.